The van der Waals surface area contributed by atoms with Gasteiger partial charge in [-0.15, -0.1) is 13.2 Å². The maximum atomic E-state index is 13.0. The molecule has 11 heteroatoms. The fraction of sp³-hybridized carbons (Fsp3) is 0.391. The number of amides is 2. The number of halogens is 3. The molecule has 0 spiro atoms. The van der Waals surface area contributed by atoms with Crippen LogP contribution in [-0.4, -0.2) is 31.5 Å². The van der Waals surface area contributed by atoms with E-state index in [0.29, 0.717) is 24.0 Å². The Labute approximate surface area is 194 Å². The van der Waals surface area contributed by atoms with E-state index in [-0.39, 0.29) is 40.8 Å². The summed E-state index contributed by atoms with van der Waals surface area (Å²) in [6.45, 7) is 1.58. The van der Waals surface area contributed by atoms with Gasteiger partial charge in [0.05, 0.1) is 23.3 Å². The molecule has 2 fully saturated rings. The quantitative estimate of drug-likeness (QED) is 0.600. The van der Waals surface area contributed by atoms with Crippen LogP contribution in [0.25, 0.3) is 0 Å². The molecule has 2 aromatic rings. The van der Waals surface area contributed by atoms with Crippen molar-refractivity contribution in [2.45, 2.75) is 50.4 Å². The highest BCUT2D eigenvalue weighted by molar-refractivity contribution is 7.92. The van der Waals surface area contributed by atoms with Crippen molar-refractivity contribution >= 4 is 27.5 Å². The number of benzene rings is 2. The molecule has 1 N–H and O–H groups in total. The predicted octanol–water partition coefficient (Wildman–Crippen LogP) is 4.37. The normalized spacial score (nSPS) is 20.9. The molecule has 2 amide bonds. The molecule has 1 heterocycles. The van der Waals surface area contributed by atoms with Crippen LogP contribution >= 0.6 is 0 Å². The molecular formula is C23H23F3N2O5S. The van der Waals surface area contributed by atoms with Gasteiger partial charge in [-0.1, -0.05) is 25.0 Å². The van der Waals surface area contributed by atoms with Gasteiger partial charge in [0, 0.05) is 5.69 Å². The SMILES string of the molecule is Cc1ccc(CN2C(=O)[C@H]3CCCC[C@H]3C2=O)cc1S(=O)(=O)Nc1ccc(OC(F)(F)F)cc1. The van der Waals surface area contributed by atoms with Gasteiger partial charge in [0.15, 0.2) is 0 Å². The molecule has 0 aromatic heterocycles. The number of anilines is 1. The Morgan fingerprint density at radius 3 is 2.15 bits per heavy atom. The summed E-state index contributed by atoms with van der Waals surface area (Å²) in [4.78, 5) is 26.7. The second-order valence-corrected chi connectivity index (χ2v) is 10.2. The first-order valence-corrected chi connectivity index (χ1v) is 12.3. The van der Waals surface area contributed by atoms with Crippen LogP contribution in [0.4, 0.5) is 18.9 Å². The zero-order valence-corrected chi connectivity index (χ0v) is 19.1. The maximum absolute atomic E-state index is 13.0. The number of likely N-dealkylation sites (tertiary alicyclic amines) is 1. The van der Waals surface area contributed by atoms with Gasteiger partial charge in [0.1, 0.15) is 5.75 Å². The van der Waals surface area contributed by atoms with Crippen molar-refractivity contribution in [2.75, 3.05) is 4.72 Å². The fourth-order valence-corrected chi connectivity index (χ4v) is 5.89. The van der Waals surface area contributed by atoms with Gasteiger partial charge in [0.25, 0.3) is 10.0 Å². The molecule has 2 aliphatic rings. The summed E-state index contributed by atoms with van der Waals surface area (Å²) in [7, 11) is -4.10. The Morgan fingerprint density at radius 1 is 1.00 bits per heavy atom. The molecule has 2 aromatic carbocycles. The lowest BCUT2D eigenvalue weighted by molar-refractivity contribution is -0.274. The number of imide groups is 1. The summed E-state index contributed by atoms with van der Waals surface area (Å²) in [6, 6.07) is 8.96. The van der Waals surface area contributed by atoms with E-state index < -0.39 is 22.1 Å². The first-order chi connectivity index (χ1) is 15.9. The van der Waals surface area contributed by atoms with E-state index in [0.717, 1.165) is 37.1 Å². The number of nitrogens with one attached hydrogen (secondary N) is 1. The van der Waals surface area contributed by atoms with E-state index in [4.69, 9.17) is 0 Å². The van der Waals surface area contributed by atoms with Gasteiger partial charge in [0.2, 0.25) is 11.8 Å². The van der Waals surface area contributed by atoms with Crippen LogP contribution in [0.15, 0.2) is 47.4 Å². The third-order valence-corrected chi connectivity index (χ3v) is 7.68. The lowest BCUT2D eigenvalue weighted by atomic mass is 9.81. The molecule has 1 saturated carbocycles. The predicted molar refractivity (Wildman–Crippen MR) is 116 cm³/mol. The van der Waals surface area contributed by atoms with Crippen LogP contribution < -0.4 is 9.46 Å². The molecule has 182 valence electrons. The average Bonchev–Trinajstić information content (AvgIpc) is 3.00. The number of fused-ring (bicyclic) bond motifs is 1. The number of nitrogens with zero attached hydrogens (tertiary/aromatic N) is 1. The lowest BCUT2D eigenvalue weighted by Crippen LogP contribution is -2.30. The second-order valence-electron chi connectivity index (χ2n) is 8.54. The summed E-state index contributed by atoms with van der Waals surface area (Å²) < 4.78 is 69.0. The number of carbonyl (C=O) groups excluding carboxylic acids is 2. The van der Waals surface area contributed by atoms with Crippen molar-refractivity contribution in [1.82, 2.24) is 4.90 Å². The summed E-state index contributed by atoms with van der Waals surface area (Å²) in [5.41, 5.74) is 0.967. The van der Waals surface area contributed by atoms with Crippen molar-refractivity contribution in [1.29, 1.82) is 0 Å². The Morgan fingerprint density at radius 2 is 1.59 bits per heavy atom. The minimum absolute atomic E-state index is 0.0169. The molecule has 0 radical (unpaired) electrons. The van der Waals surface area contributed by atoms with Crippen LogP contribution in [-0.2, 0) is 26.2 Å². The van der Waals surface area contributed by atoms with Crippen molar-refractivity contribution in [3.8, 4) is 5.75 Å². The number of ether oxygens (including phenoxy) is 1. The highest BCUT2D eigenvalue weighted by Gasteiger charge is 2.47. The number of carbonyl (C=O) groups is 2. The number of rotatable bonds is 6. The smallest absolute Gasteiger partial charge is 0.406 e. The summed E-state index contributed by atoms with van der Waals surface area (Å²) in [5.74, 6) is -1.48. The van der Waals surface area contributed by atoms with Crippen molar-refractivity contribution in [3.63, 3.8) is 0 Å². The van der Waals surface area contributed by atoms with Crippen LogP contribution in [0.1, 0.15) is 36.8 Å². The van der Waals surface area contributed by atoms with Gasteiger partial charge in [-0.05, 0) is 61.2 Å². The summed E-state index contributed by atoms with van der Waals surface area (Å²) >= 11 is 0. The van der Waals surface area contributed by atoms with E-state index >= 15 is 0 Å². The Hall–Kier alpha value is -3.08. The van der Waals surface area contributed by atoms with Gasteiger partial charge in [-0.3, -0.25) is 19.2 Å². The fourth-order valence-electron chi connectivity index (χ4n) is 4.54. The van der Waals surface area contributed by atoms with Crippen LogP contribution in [0.3, 0.4) is 0 Å². The Kier molecular flexibility index (Phi) is 6.32. The van der Waals surface area contributed by atoms with Gasteiger partial charge < -0.3 is 4.74 Å². The molecule has 1 aliphatic carbocycles. The molecule has 34 heavy (non-hydrogen) atoms. The third-order valence-electron chi connectivity index (χ3n) is 6.16. The number of sulfonamides is 1. The molecule has 0 unspecified atom stereocenters. The summed E-state index contributed by atoms with van der Waals surface area (Å²) in [5, 5.41) is 0. The van der Waals surface area contributed by atoms with Crippen molar-refractivity contribution in [2.24, 2.45) is 11.8 Å². The van der Waals surface area contributed by atoms with E-state index in [9.17, 15) is 31.2 Å². The minimum Gasteiger partial charge on any atom is -0.406 e. The first-order valence-electron chi connectivity index (χ1n) is 10.8. The Balaban J connectivity index is 1.52. The largest absolute Gasteiger partial charge is 0.573 e. The molecule has 4 rings (SSSR count). The van der Waals surface area contributed by atoms with Gasteiger partial charge in [-0.2, -0.15) is 0 Å². The highest BCUT2D eigenvalue weighted by Crippen LogP contribution is 2.38. The number of alkyl halides is 3. The summed E-state index contributed by atoms with van der Waals surface area (Å²) in [6.07, 6.45) is -1.65. The molecule has 1 saturated heterocycles. The molecule has 1 aliphatic heterocycles. The van der Waals surface area contributed by atoms with E-state index in [1.807, 2.05) is 0 Å². The molecule has 2 atom stereocenters. The zero-order chi connectivity index (χ0) is 24.7. The second kappa shape index (κ2) is 8.94. The molecule has 0 bridgehead atoms. The zero-order valence-electron chi connectivity index (χ0n) is 18.3. The topological polar surface area (TPSA) is 92.8 Å². The minimum atomic E-state index is -4.85. The van der Waals surface area contributed by atoms with Crippen molar-refractivity contribution in [3.05, 3.63) is 53.6 Å². The van der Waals surface area contributed by atoms with Gasteiger partial charge in [-0.25, -0.2) is 8.42 Å². The van der Waals surface area contributed by atoms with Gasteiger partial charge >= 0.3 is 6.36 Å². The first kappa shape index (κ1) is 24.1. The van der Waals surface area contributed by atoms with E-state index in [2.05, 4.69) is 9.46 Å². The number of aryl methyl sites for hydroxylation is 1. The van der Waals surface area contributed by atoms with Crippen LogP contribution in [0.5, 0.6) is 5.75 Å². The number of hydrogen-bond donors (Lipinski definition) is 1. The van der Waals surface area contributed by atoms with Crippen LogP contribution in [0, 0.1) is 18.8 Å². The standard InChI is InChI=1S/C23H23F3N2O5S/c1-14-6-7-15(13-28-21(29)18-4-2-3-5-19(18)22(28)30)12-20(14)34(31,32)27-16-8-10-17(11-9-16)33-23(24,25)26/h6-12,18-19,27H,2-5,13H2,1H3/t18-,19+. The average molecular weight is 497 g/mol. The highest BCUT2D eigenvalue weighted by atomic mass is 32.2. The third kappa shape index (κ3) is 5.03. The van der Waals surface area contributed by atoms with Crippen LogP contribution in [0.2, 0.25) is 0 Å². The number of hydrogen-bond acceptors (Lipinski definition) is 5. The Bertz CT molecular complexity index is 1190. The maximum Gasteiger partial charge on any atom is 0.573 e. The molecule has 7 nitrogen and oxygen atoms in total. The van der Waals surface area contributed by atoms with E-state index in [1.165, 1.54) is 11.0 Å². The van der Waals surface area contributed by atoms with Crippen molar-refractivity contribution < 1.29 is 35.9 Å². The molecular weight excluding hydrogens is 473 g/mol. The lowest BCUT2D eigenvalue weighted by Gasteiger charge is -2.19. The monoisotopic (exact) mass is 496 g/mol. The van der Waals surface area contributed by atoms with E-state index in [1.54, 1.807) is 19.1 Å².